The molecule has 1 aromatic heterocycles. The first-order chi connectivity index (χ1) is 14.3. The predicted molar refractivity (Wildman–Crippen MR) is 108 cm³/mol. The van der Waals surface area contributed by atoms with Crippen molar-refractivity contribution in [1.29, 1.82) is 0 Å². The van der Waals surface area contributed by atoms with E-state index in [1.54, 1.807) is 13.0 Å². The van der Waals surface area contributed by atoms with E-state index in [1.165, 1.54) is 35.9 Å². The van der Waals surface area contributed by atoms with E-state index < -0.39 is 22.0 Å². The van der Waals surface area contributed by atoms with Crippen molar-refractivity contribution >= 4 is 22.0 Å². The van der Waals surface area contributed by atoms with Gasteiger partial charge in [0.15, 0.2) is 12.4 Å². The minimum absolute atomic E-state index is 0.0575. The molecule has 1 fully saturated rings. The number of esters is 2. The van der Waals surface area contributed by atoms with Gasteiger partial charge in [0, 0.05) is 12.6 Å². The van der Waals surface area contributed by atoms with Crippen molar-refractivity contribution in [2.24, 2.45) is 0 Å². The Morgan fingerprint density at radius 3 is 2.63 bits per heavy atom. The fourth-order valence-electron chi connectivity index (χ4n) is 3.50. The molecular formula is C21H25NO7S. The van der Waals surface area contributed by atoms with Crippen LogP contribution in [0.15, 0.2) is 39.8 Å². The fourth-order valence-corrected chi connectivity index (χ4v) is 5.23. The van der Waals surface area contributed by atoms with E-state index in [0.29, 0.717) is 12.1 Å². The summed E-state index contributed by atoms with van der Waals surface area (Å²) in [4.78, 5) is 24.4. The van der Waals surface area contributed by atoms with Gasteiger partial charge in [-0.3, -0.25) is 0 Å². The van der Waals surface area contributed by atoms with Crippen LogP contribution in [0, 0.1) is 6.92 Å². The first-order valence-electron chi connectivity index (χ1n) is 9.70. The van der Waals surface area contributed by atoms with Gasteiger partial charge in [0.1, 0.15) is 5.56 Å². The Kier molecular flexibility index (Phi) is 6.62. The van der Waals surface area contributed by atoms with Crippen LogP contribution in [0.4, 0.5) is 0 Å². The molecule has 1 aliphatic rings. The number of piperidine rings is 1. The fraction of sp³-hybridized carbons (Fsp3) is 0.429. The highest BCUT2D eigenvalue weighted by atomic mass is 32.2. The molecule has 1 aliphatic heterocycles. The minimum atomic E-state index is -3.72. The molecular weight excluding hydrogens is 410 g/mol. The van der Waals surface area contributed by atoms with Crippen molar-refractivity contribution in [3.8, 4) is 0 Å². The van der Waals surface area contributed by atoms with E-state index in [-0.39, 0.29) is 34.4 Å². The lowest BCUT2D eigenvalue weighted by atomic mass is 10.1. The Morgan fingerprint density at radius 2 is 1.93 bits per heavy atom. The summed E-state index contributed by atoms with van der Waals surface area (Å²) in [7, 11) is -2.48. The van der Waals surface area contributed by atoms with E-state index >= 15 is 0 Å². The summed E-state index contributed by atoms with van der Waals surface area (Å²) in [6.07, 6.45) is 3.92. The zero-order chi connectivity index (χ0) is 21.9. The molecule has 0 spiro atoms. The highest BCUT2D eigenvalue weighted by molar-refractivity contribution is 7.89. The van der Waals surface area contributed by atoms with Crippen molar-refractivity contribution in [1.82, 2.24) is 4.31 Å². The zero-order valence-electron chi connectivity index (χ0n) is 17.2. The lowest BCUT2D eigenvalue weighted by Gasteiger charge is -2.32. The summed E-state index contributed by atoms with van der Waals surface area (Å²) in [5.74, 6) is -1.16. The zero-order valence-corrected chi connectivity index (χ0v) is 18.0. The lowest BCUT2D eigenvalue weighted by molar-refractivity contribution is 0.0431. The number of benzene rings is 1. The molecule has 1 saturated heterocycles. The SMILES string of the molecule is COC(=O)c1ccoc1COC(=O)c1cc(S(=O)(=O)N2CCCCC2C)ccc1C. The first kappa shape index (κ1) is 22.0. The summed E-state index contributed by atoms with van der Waals surface area (Å²) in [5, 5.41) is 0. The number of carbonyl (C=O) groups is 2. The highest BCUT2D eigenvalue weighted by Crippen LogP contribution is 2.27. The Morgan fingerprint density at radius 1 is 1.17 bits per heavy atom. The van der Waals surface area contributed by atoms with Crippen molar-refractivity contribution in [3.63, 3.8) is 0 Å². The standard InChI is InChI=1S/C21H25NO7S/c1-14-7-8-16(30(25,26)22-10-5-4-6-15(22)2)12-18(14)21(24)29-13-19-17(9-11-28-19)20(23)27-3/h7-9,11-12,15H,4-6,10,13H2,1-3H3. The number of hydrogen-bond acceptors (Lipinski definition) is 7. The Labute approximate surface area is 175 Å². The van der Waals surface area contributed by atoms with Crippen LogP contribution in [-0.4, -0.2) is 44.4 Å². The number of carbonyl (C=O) groups excluding carboxylic acids is 2. The average Bonchev–Trinajstić information content (AvgIpc) is 3.20. The van der Waals surface area contributed by atoms with Crippen molar-refractivity contribution in [3.05, 3.63) is 53.0 Å². The van der Waals surface area contributed by atoms with E-state index in [9.17, 15) is 18.0 Å². The van der Waals surface area contributed by atoms with Gasteiger partial charge in [-0.15, -0.1) is 0 Å². The third-order valence-electron chi connectivity index (χ3n) is 5.26. The average molecular weight is 435 g/mol. The molecule has 162 valence electrons. The summed E-state index contributed by atoms with van der Waals surface area (Å²) in [6.45, 7) is 3.77. The van der Waals surface area contributed by atoms with Crippen LogP contribution >= 0.6 is 0 Å². The van der Waals surface area contributed by atoms with E-state index in [0.717, 1.165) is 19.3 Å². The lowest BCUT2D eigenvalue weighted by Crippen LogP contribution is -2.41. The van der Waals surface area contributed by atoms with Gasteiger partial charge in [-0.2, -0.15) is 4.31 Å². The number of rotatable bonds is 6. The van der Waals surface area contributed by atoms with Crippen LogP contribution in [0.25, 0.3) is 0 Å². The molecule has 8 nitrogen and oxygen atoms in total. The quantitative estimate of drug-likeness (QED) is 0.641. The highest BCUT2D eigenvalue weighted by Gasteiger charge is 2.31. The molecule has 2 aromatic rings. The van der Waals surface area contributed by atoms with Gasteiger partial charge in [-0.1, -0.05) is 12.5 Å². The molecule has 0 saturated carbocycles. The molecule has 0 N–H and O–H groups in total. The summed E-state index contributed by atoms with van der Waals surface area (Å²) in [5.41, 5.74) is 0.891. The number of ether oxygens (including phenoxy) is 2. The van der Waals surface area contributed by atoms with Crippen LogP contribution in [0.3, 0.4) is 0 Å². The molecule has 0 bridgehead atoms. The molecule has 3 rings (SSSR count). The van der Waals surface area contributed by atoms with Gasteiger partial charge in [-0.05, 0) is 50.5 Å². The molecule has 0 amide bonds. The van der Waals surface area contributed by atoms with E-state index in [4.69, 9.17) is 9.15 Å². The molecule has 1 aromatic carbocycles. The Hall–Kier alpha value is -2.65. The van der Waals surface area contributed by atoms with Gasteiger partial charge in [0.05, 0.1) is 23.8 Å². The van der Waals surface area contributed by atoms with E-state index in [2.05, 4.69) is 4.74 Å². The molecule has 9 heteroatoms. The van der Waals surface area contributed by atoms with Crippen molar-refractivity contribution < 1.29 is 31.9 Å². The van der Waals surface area contributed by atoms with Gasteiger partial charge >= 0.3 is 11.9 Å². The van der Waals surface area contributed by atoms with Crippen LogP contribution in [0.1, 0.15) is 58.2 Å². The Bertz CT molecular complexity index is 1040. The maximum Gasteiger partial charge on any atom is 0.341 e. The maximum atomic E-state index is 13.1. The van der Waals surface area contributed by atoms with Gasteiger partial charge < -0.3 is 13.9 Å². The predicted octanol–water partition coefficient (Wildman–Crippen LogP) is 3.29. The second kappa shape index (κ2) is 9.01. The van der Waals surface area contributed by atoms with E-state index in [1.807, 2.05) is 6.92 Å². The number of hydrogen-bond donors (Lipinski definition) is 0. The molecule has 1 unspecified atom stereocenters. The second-order valence-electron chi connectivity index (χ2n) is 7.26. The van der Waals surface area contributed by atoms with Gasteiger partial charge in [0.25, 0.3) is 0 Å². The topological polar surface area (TPSA) is 103 Å². The number of furan rings is 1. The molecule has 0 radical (unpaired) electrons. The van der Waals surface area contributed by atoms with Gasteiger partial charge in [0.2, 0.25) is 10.0 Å². The number of sulfonamides is 1. The smallest absolute Gasteiger partial charge is 0.341 e. The van der Waals surface area contributed by atoms with Crippen LogP contribution in [-0.2, 0) is 26.1 Å². The molecule has 0 aliphatic carbocycles. The second-order valence-corrected chi connectivity index (χ2v) is 9.15. The minimum Gasteiger partial charge on any atom is -0.465 e. The largest absolute Gasteiger partial charge is 0.465 e. The van der Waals surface area contributed by atoms with Gasteiger partial charge in [-0.25, -0.2) is 18.0 Å². The Balaban J connectivity index is 1.80. The molecule has 30 heavy (non-hydrogen) atoms. The number of aryl methyl sites for hydroxylation is 1. The maximum absolute atomic E-state index is 13.1. The monoisotopic (exact) mass is 435 g/mol. The van der Waals surface area contributed by atoms with Crippen molar-refractivity contribution in [2.45, 2.75) is 50.7 Å². The molecule has 1 atom stereocenters. The third-order valence-corrected chi connectivity index (χ3v) is 7.27. The summed E-state index contributed by atoms with van der Waals surface area (Å²) < 4.78 is 42.8. The van der Waals surface area contributed by atoms with Crippen LogP contribution < -0.4 is 0 Å². The first-order valence-corrected chi connectivity index (χ1v) is 11.1. The summed E-state index contributed by atoms with van der Waals surface area (Å²) >= 11 is 0. The normalized spacial score (nSPS) is 17.5. The van der Waals surface area contributed by atoms with Crippen LogP contribution in [0.5, 0.6) is 0 Å². The van der Waals surface area contributed by atoms with Crippen molar-refractivity contribution in [2.75, 3.05) is 13.7 Å². The van der Waals surface area contributed by atoms with Crippen LogP contribution in [0.2, 0.25) is 0 Å². The number of nitrogens with zero attached hydrogens (tertiary/aromatic N) is 1. The molecule has 2 heterocycles. The summed E-state index contributed by atoms with van der Waals surface area (Å²) in [6, 6.07) is 5.77. The third kappa shape index (κ3) is 4.41. The number of methoxy groups -OCH3 is 1.